The van der Waals surface area contributed by atoms with Crippen LogP contribution in [0.2, 0.25) is 0 Å². The van der Waals surface area contributed by atoms with Gasteiger partial charge in [0.2, 0.25) is 0 Å². The molecule has 0 fully saturated rings. The average Bonchev–Trinajstić information content (AvgIpc) is 2.39. The number of hydrogen-bond donors (Lipinski definition) is 1. The molecular formula is C15H30N2O. The molecule has 0 radical (unpaired) electrons. The van der Waals surface area contributed by atoms with Gasteiger partial charge in [0.05, 0.1) is 0 Å². The summed E-state index contributed by atoms with van der Waals surface area (Å²) in [5, 5.41) is 3.44. The normalized spacial score (nSPS) is 23.6. The fourth-order valence-corrected chi connectivity index (χ4v) is 2.20. The maximum absolute atomic E-state index is 6.02. The summed E-state index contributed by atoms with van der Waals surface area (Å²) in [7, 11) is 0. The Labute approximate surface area is 112 Å². The number of hydrogen-bond acceptors (Lipinski definition) is 3. The molecule has 3 nitrogen and oxygen atoms in total. The molecule has 18 heavy (non-hydrogen) atoms. The third-order valence-corrected chi connectivity index (χ3v) is 3.54. The molecule has 1 rings (SSSR count). The lowest BCUT2D eigenvalue weighted by Crippen LogP contribution is -2.33. The molecule has 3 heteroatoms. The first-order chi connectivity index (χ1) is 8.77. The van der Waals surface area contributed by atoms with Crippen LogP contribution < -0.4 is 5.32 Å². The van der Waals surface area contributed by atoms with Crippen LogP contribution in [0.1, 0.15) is 59.3 Å². The molecule has 0 bridgehead atoms. The van der Waals surface area contributed by atoms with Gasteiger partial charge in [0.1, 0.15) is 6.10 Å². The first-order valence-electron chi connectivity index (χ1n) is 7.68. The fraction of sp³-hybridized carbons (Fsp3) is 0.933. The smallest absolute Gasteiger partial charge is 0.184 e. The maximum Gasteiger partial charge on any atom is 0.184 e. The first-order valence-corrected chi connectivity index (χ1v) is 7.68. The van der Waals surface area contributed by atoms with Crippen LogP contribution in [0.15, 0.2) is 4.99 Å². The van der Waals surface area contributed by atoms with Crippen molar-refractivity contribution in [2.45, 2.75) is 65.4 Å². The Morgan fingerprint density at radius 1 is 1.22 bits per heavy atom. The largest absolute Gasteiger partial charge is 0.477 e. The summed E-state index contributed by atoms with van der Waals surface area (Å²) in [4.78, 5) is 4.54. The Kier molecular flexibility index (Phi) is 8.06. The van der Waals surface area contributed by atoms with Gasteiger partial charge in [-0.15, -0.1) is 0 Å². The predicted molar refractivity (Wildman–Crippen MR) is 78.3 cm³/mol. The third kappa shape index (κ3) is 5.85. The molecule has 1 aliphatic rings. The minimum absolute atomic E-state index is 0.396. The number of ether oxygens (including phenoxy) is 1. The summed E-state index contributed by atoms with van der Waals surface area (Å²) >= 11 is 0. The van der Waals surface area contributed by atoms with Gasteiger partial charge in [-0.05, 0) is 19.4 Å². The highest BCUT2D eigenvalue weighted by Gasteiger charge is 2.23. The molecule has 0 saturated carbocycles. The molecule has 106 valence electrons. The van der Waals surface area contributed by atoms with E-state index < -0.39 is 0 Å². The molecule has 1 N–H and O–H groups in total. The van der Waals surface area contributed by atoms with E-state index in [9.17, 15) is 0 Å². The van der Waals surface area contributed by atoms with Gasteiger partial charge in [0, 0.05) is 25.4 Å². The van der Waals surface area contributed by atoms with Gasteiger partial charge in [0.15, 0.2) is 5.90 Å². The molecule has 0 aromatic carbocycles. The molecule has 2 unspecified atom stereocenters. The van der Waals surface area contributed by atoms with Crippen molar-refractivity contribution >= 4 is 5.90 Å². The van der Waals surface area contributed by atoms with Gasteiger partial charge >= 0.3 is 0 Å². The van der Waals surface area contributed by atoms with Crippen LogP contribution in [0.25, 0.3) is 0 Å². The Bertz CT molecular complexity index is 241. The summed E-state index contributed by atoms with van der Waals surface area (Å²) < 4.78 is 6.02. The minimum atomic E-state index is 0.396. The summed E-state index contributed by atoms with van der Waals surface area (Å²) in [6, 6.07) is 0. The summed E-state index contributed by atoms with van der Waals surface area (Å²) in [6.07, 6.45) is 7.53. The fourth-order valence-electron chi connectivity index (χ4n) is 2.20. The topological polar surface area (TPSA) is 33.6 Å². The summed E-state index contributed by atoms with van der Waals surface area (Å²) in [6.45, 7) is 9.75. The average molecular weight is 254 g/mol. The van der Waals surface area contributed by atoms with E-state index in [1.807, 2.05) is 0 Å². The van der Waals surface area contributed by atoms with Gasteiger partial charge in [0.25, 0.3) is 0 Å². The van der Waals surface area contributed by atoms with E-state index in [0.717, 1.165) is 32.0 Å². The highest BCUT2D eigenvalue weighted by Crippen LogP contribution is 2.20. The van der Waals surface area contributed by atoms with Gasteiger partial charge < -0.3 is 10.1 Å². The maximum atomic E-state index is 6.02. The minimum Gasteiger partial charge on any atom is -0.477 e. The number of aliphatic imine (C=N–C) groups is 1. The second-order valence-corrected chi connectivity index (χ2v) is 5.36. The van der Waals surface area contributed by atoms with Crippen LogP contribution in [0.4, 0.5) is 0 Å². The number of unbranched alkanes of at least 4 members (excludes halogenated alkanes) is 2. The monoisotopic (exact) mass is 254 g/mol. The molecule has 0 aromatic heterocycles. The van der Waals surface area contributed by atoms with Crippen LogP contribution in [-0.4, -0.2) is 31.6 Å². The van der Waals surface area contributed by atoms with Gasteiger partial charge in [-0.1, -0.05) is 40.0 Å². The van der Waals surface area contributed by atoms with Crippen LogP contribution in [0, 0.1) is 5.92 Å². The van der Waals surface area contributed by atoms with Crippen molar-refractivity contribution in [3.8, 4) is 0 Å². The quantitative estimate of drug-likeness (QED) is 0.640. The lowest BCUT2D eigenvalue weighted by molar-refractivity contribution is 0.102. The molecule has 0 spiro atoms. The highest BCUT2D eigenvalue weighted by molar-refractivity contribution is 5.77. The van der Waals surface area contributed by atoms with E-state index in [4.69, 9.17) is 4.74 Å². The molecule has 1 heterocycles. The van der Waals surface area contributed by atoms with Crippen LogP contribution in [0.3, 0.4) is 0 Å². The van der Waals surface area contributed by atoms with Crippen molar-refractivity contribution in [1.29, 1.82) is 0 Å². The van der Waals surface area contributed by atoms with Gasteiger partial charge in [-0.3, -0.25) is 4.99 Å². The molecule has 0 aromatic rings. The predicted octanol–water partition coefficient (Wildman–Crippen LogP) is 3.39. The Morgan fingerprint density at radius 3 is 2.72 bits per heavy atom. The number of rotatable bonds is 9. The van der Waals surface area contributed by atoms with Gasteiger partial charge in [-0.2, -0.15) is 0 Å². The van der Waals surface area contributed by atoms with E-state index in [2.05, 4.69) is 31.1 Å². The van der Waals surface area contributed by atoms with Crippen LogP contribution in [0.5, 0.6) is 0 Å². The molecule has 2 atom stereocenters. The zero-order valence-electron chi connectivity index (χ0n) is 12.4. The van der Waals surface area contributed by atoms with Crippen molar-refractivity contribution < 1.29 is 4.74 Å². The Morgan fingerprint density at radius 2 is 2.00 bits per heavy atom. The third-order valence-electron chi connectivity index (χ3n) is 3.54. The molecule has 1 aliphatic heterocycles. The lowest BCUT2D eigenvalue weighted by Gasteiger charge is -2.29. The Hall–Kier alpha value is -0.570. The van der Waals surface area contributed by atoms with E-state index >= 15 is 0 Å². The second kappa shape index (κ2) is 9.37. The van der Waals surface area contributed by atoms with Crippen molar-refractivity contribution in [2.24, 2.45) is 10.9 Å². The van der Waals surface area contributed by atoms with Crippen LogP contribution in [-0.2, 0) is 4.74 Å². The lowest BCUT2D eigenvalue weighted by atomic mass is 9.98. The SMILES string of the molecule is CCCCNCCC1=NCC(C)C(CCCC)O1. The second-order valence-electron chi connectivity index (χ2n) is 5.36. The first kappa shape index (κ1) is 15.5. The molecule has 0 saturated heterocycles. The van der Waals surface area contributed by atoms with E-state index in [0.29, 0.717) is 12.0 Å². The van der Waals surface area contributed by atoms with Crippen molar-refractivity contribution in [3.63, 3.8) is 0 Å². The van der Waals surface area contributed by atoms with Crippen molar-refractivity contribution in [3.05, 3.63) is 0 Å². The Balaban J connectivity index is 2.21. The van der Waals surface area contributed by atoms with E-state index in [1.165, 1.54) is 32.1 Å². The van der Waals surface area contributed by atoms with E-state index in [1.54, 1.807) is 0 Å². The van der Waals surface area contributed by atoms with Crippen molar-refractivity contribution in [1.82, 2.24) is 5.32 Å². The summed E-state index contributed by atoms with van der Waals surface area (Å²) in [5.41, 5.74) is 0. The summed E-state index contributed by atoms with van der Waals surface area (Å²) in [5.74, 6) is 1.55. The molecule has 0 amide bonds. The molecular weight excluding hydrogens is 224 g/mol. The van der Waals surface area contributed by atoms with Gasteiger partial charge in [-0.25, -0.2) is 0 Å². The highest BCUT2D eigenvalue weighted by atomic mass is 16.5. The number of nitrogens with one attached hydrogen (secondary N) is 1. The standard InChI is InChI=1S/C15H30N2O/c1-4-6-8-14-13(3)12-17-15(18-14)9-11-16-10-7-5-2/h13-14,16H,4-12H2,1-3H3. The van der Waals surface area contributed by atoms with Crippen molar-refractivity contribution in [2.75, 3.05) is 19.6 Å². The molecule has 0 aliphatic carbocycles. The zero-order chi connectivity index (χ0) is 13.2. The zero-order valence-corrected chi connectivity index (χ0v) is 12.4. The van der Waals surface area contributed by atoms with Crippen LogP contribution >= 0.6 is 0 Å². The van der Waals surface area contributed by atoms with E-state index in [-0.39, 0.29) is 0 Å². The number of nitrogens with zero attached hydrogens (tertiary/aromatic N) is 1.